The van der Waals surface area contributed by atoms with E-state index >= 15 is 0 Å². The van der Waals surface area contributed by atoms with Crippen molar-refractivity contribution in [1.29, 1.82) is 0 Å². The van der Waals surface area contributed by atoms with Gasteiger partial charge in [-0.1, -0.05) is 53.7 Å². The first kappa shape index (κ1) is 27.5. The molecular formula is C38H40N4. The summed E-state index contributed by atoms with van der Waals surface area (Å²) >= 11 is 0. The molecule has 0 bridgehead atoms. The molecular weight excluding hydrogens is 512 g/mol. The molecule has 0 unspecified atom stereocenters. The first-order valence-electron chi connectivity index (χ1n) is 14.6. The summed E-state index contributed by atoms with van der Waals surface area (Å²) in [6.45, 7) is 13.7. The molecule has 0 saturated heterocycles. The van der Waals surface area contributed by atoms with Crippen LogP contribution >= 0.6 is 0 Å². The number of nitrogens with zero attached hydrogens (tertiary/aromatic N) is 2. The third kappa shape index (κ3) is 4.98. The molecule has 0 aliphatic carbocycles. The van der Waals surface area contributed by atoms with Gasteiger partial charge in [0.25, 0.3) is 0 Å². The van der Waals surface area contributed by atoms with Gasteiger partial charge in [0.1, 0.15) is 0 Å². The minimum atomic E-state index is 0.0690. The Balaban J connectivity index is 1.52. The Morgan fingerprint density at radius 2 is 0.833 bits per heavy atom. The molecule has 0 fully saturated rings. The largest absolute Gasteiger partial charge is 0.399 e. The Bertz CT molecular complexity index is 1760. The van der Waals surface area contributed by atoms with E-state index in [-0.39, 0.29) is 10.8 Å². The van der Waals surface area contributed by atoms with E-state index in [0.29, 0.717) is 0 Å². The van der Waals surface area contributed by atoms with Crippen molar-refractivity contribution in [3.8, 4) is 5.69 Å². The zero-order valence-electron chi connectivity index (χ0n) is 25.4. The molecule has 6 aromatic rings. The molecule has 4 N–H and O–H groups in total. The number of aromatic nitrogens is 1. The zero-order chi connectivity index (χ0) is 29.8. The van der Waals surface area contributed by atoms with Gasteiger partial charge >= 0.3 is 0 Å². The topological polar surface area (TPSA) is 60.2 Å². The Hall–Kier alpha value is -4.70. The highest BCUT2D eigenvalue weighted by atomic mass is 15.1. The number of benzene rings is 5. The lowest BCUT2D eigenvalue weighted by atomic mass is 9.85. The van der Waals surface area contributed by atoms with Gasteiger partial charge in [0, 0.05) is 44.9 Å². The molecule has 0 amide bonds. The monoisotopic (exact) mass is 552 g/mol. The number of rotatable bonds is 4. The smallest absolute Gasteiger partial charge is 0.0541 e. The number of hydrogen-bond donors (Lipinski definition) is 2. The lowest BCUT2D eigenvalue weighted by Gasteiger charge is -2.26. The zero-order valence-corrected chi connectivity index (χ0v) is 25.4. The Kier molecular flexibility index (Phi) is 6.53. The Morgan fingerprint density at radius 3 is 1.19 bits per heavy atom. The summed E-state index contributed by atoms with van der Waals surface area (Å²) in [7, 11) is 0. The van der Waals surface area contributed by atoms with Crippen molar-refractivity contribution in [2.24, 2.45) is 0 Å². The van der Waals surface area contributed by atoms with Crippen LogP contribution in [0.1, 0.15) is 52.7 Å². The van der Waals surface area contributed by atoms with Gasteiger partial charge in [0.2, 0.25) is 0 Å². The molecule has 0 saturated carbocycles. The van der Waals surface area contributed by atoms with E-state index in [2.05, 4.69) is 112 Å². The minimum Gasteiger partial charge on any atom is -0.399 e. The quantitative estimate of drug-likeness (QED) is 0.214. The van der Waals surface area contributed by atoms with Crippen molar-refractivity contribution in [2.75, 3.05) is 16.4 Å². The predicted molar refractivity (Wildman–Crippen MR) is 182 cm³/mol. The van der Waals surface area contributed by atoms with Gasteiger partial charge in [-0.15, -0.1) is 0 Å². The second-order valence-electron chi connectivity index (χ2n) is 13.3. The molecule has 4 heteroatoms. The second-order valence-corrected chi connectivity index (χ2v) is 13.3. The van der Waals surface area contributed by atoms with Gasteiger partial charge in [0.05, 0.1) is 11.0 Å². The van der Waals surface area contributed by atoms with Crippen LogP contribution < -0.4 is 16.4 Å². The van der Waals surface area contributed by atoms with Crippen LogP contribution in [0.3, 0.4) is 0 Å². The highest BCUT2D eigenvalue weighted by Gasteiger charge is 2.21. The first-order chi connectivity index (χ1) is 19.9. The first-order valence-corrected chi connectivity index (χ1v) is 14.6. The fraction of sp³-hybridized carbons (Fsp3) is 0.211. The summed E-state index contributed by atoms with van der Waals surface area (Å²) in [5, 5.41) is 2.58. The van der Waals surface area contributed by atoms with Crippen molar-refractivity contribution in [3.63, 3.8) is 0 Å². The van der Waals surface area contributed by atoms with Crippen LogP contribution in [0.5, 0.6) is 0 Å². The van der Waals surface area contributed by atoms with Crippen LogP contribution in [0.2, 0.25) is 0 Å². The van der Waals surface area contributed by atoms with Crippen LogP contribution in [0.25, 0.3) is 27.5 Å². The average molecular weight is 553 g/mol. The van der Waals surface area contributed by atoms with Crippen LogP contribution in [0.4, 0.5) is 28.4 Å². The lowest BCUT2D eigenvalue weighted by Crippen LogP contribution is -2.10. The number of anilines is 5. The van der Waals surface area contributed by atoms with E-state index in [9.17, 15) is 0 Å². The maximum absolute atomic E-state index is 6.02. The van der Waals surface area contributed by atoms with Crippen molar-refractivity contribution in [1.82, 2.24) is 4.57 Å². The standard InChI is InChI=1S/C38H40N4/c1-37(2,3)25-7-21-35-33(23-25)34-24-26(38(4,5)6)8-22-36(34)42(35)32-19-17-31(18-20-32)41(29-13-9-27(39)10-14-29)30-15-11-28(40)12-16-30/h7-24H,39-40H2,1-6H3. The maximum atomic E-state index is 6.02. The average Bonchev–Trinajstić information content (AvgIpc) is 3.28. The number of nitrogens with two attached hydrogens (primary N) is 2. The maximum Gasteiger partial charge on any atom is 0.0541 e. The van der Waals surface area contributed by atoms with Gasteiger partial charge < -0.3 is 20.9 Å². The minimum absolute atomic E-state index is 0.0690. The van der Waals surface area contributed by atoms with Crippen LogP contribution in [-0.2, 0) is 10.8 Å². The summed E-state index contributed by atoms with van der Waals surface area (Å²) < 4.78 is 2.39. The molecule has 0 aliphatic rings. The van der Waals surface area contributed by atoms with E-state index < -0.39 is 0 Å². The molecule has 0 atom stereocenters. The lowest BCUT2D eigenvalue weighted by molar-refractivity contribution is 0.590. The van der Waals surface area contributed by atoms with Crippen molar-refractivity contribution >= 4 is 50.2 Å². The Morgan fingerprint density at radius 1 is 0.476 bits per heavy atom. The van der Waals surface area contributed by atoms with Crippen molar-refractivity contribution < 1.29 is 0 Å². The molecule has 0 aliphatic heterocycles. The van der Waals surface area contributed by atoms with Crippen LogP contribution in [0.15, 0.2) is 109 Å². The summed E-state index contributed by atoms with van der Waals surface area (Å²) in [4.78, 5) is 2.22. The van der Waals surface area contributed by atoms with E-state index in [1.807, 2.05) is 48.5 Å². The highest BCUT2D eigenvalue weighted by Crippen LogP contribution is 2.39. The summed E-state index contributed by atoms with van der Waals surface area (Å²) in [5.74, 6) is 0. The van der Waals surface area contributed by atoms with Crippen LogP contribution in [-0.4, -0.2) is 4.57 Å². The van der Waals surface area contributed by atoms with Crippen molar-refractivity contribution in [3.05, 3.63) is 120 Å². The summed E-state index contributed by atoms with van der Waals surface area (Å²) in [6.07, 6.45) is 0. The van der Waals surface area contributed by atoms with Crippen molar-refractivity contribution in [2.45, 2.75) is 52.4 Å². The number of fused-ring (bicyclic) bond motifs is 3. The van der Waals surface area contributed by atoms with E-state index in [1.54, 1.807) is 0 Å². The van der Waals surface area contributed by atoms with E-state index in [4.69, 9.17) is 11.5 Å². The van der Waals surface area contributed by atoms with Gasteiger partial charge in [-0.3, -0.25) is 0 Å². The molecule has 42 heavy (non-hydrogen) atoms. The normalized spacial score (nSPS) is 12.2. The molecule has 0 spiro atoms. The van der Waals surface area contributed by atoms with Gasteiger partial charge in [-0.25, -0.2) is 0 Å². The van der Waals surface area contributed by atoms with E-state index in [0.717, 1.165) is 34.1 Å². The van der Waals surface area contributed by atoms with E-state index in [1.165, 1.54) is 32.9 Å². The number of nitrogen functional groups attached to an aromatic ring is 2. The third-order valence-corrected chi connectivity index (χ3v) is 8.17. The fourth-order valence-corrected chi connectivity index (χ4v) is 5.68. The highest BCUT2D eigenvalue weighted by molar-refractivity contribution is 6.10. The molecule has 1 heterocycles. The molecule has 0 radical (unpaired) electrons. The third-order valence-electron chi connectivity index (χ3n) is 8.17. The van der Waals surface area contributed by atoms with Crippen LogP contribution in [0, 0.1) is 0 Å². The number of hydrogen-bond acceptors (Lipinski definition) is 3. The molecule has 4 nitrogen and oxygen atoms in total. The molecule has 1 aromatic heterocycles. The molecule has 5 aromatic carbocycles. The summed E-state index contributed by atoms with van der Waals surface area (Å²) in [5.41, 5.74) is 23.0. The molecule has 212 valence electrons. The predicted octanol–water partition coefficient (Wildman–Crippen LogP) is 10.0. The second kappa shape index (κ2) is 9.99. The van der Waals surface area contributed by atoms with Gasteiger partial charge in [-0.05, 0) is 119 Å². The van der Waals surface area contributed by atoms with Gasteiger partial charge in [-0.2, -0.15) is 0 Å². The SMILES string of the molecule is CC(C)(C)c1ccc2c(c1)c1cc(C(C)(C)C)ccc1n2-c1ccc(N(c2ccc(N)cc2)c2ccc(N)cc2)cc1. The van der Waals surface area contributed by atoms with Gasteiger partial charge in [0.15, 0.2) is 0 Å². The Labute approximate surface area is 249 Å². The molecule has 6 rings (SSSR count). The summed E-state index contributed by atoms with van der Waals surface area (Å²) in [6, 6.07) is 38.6. The fourth-order valence-electron chi connectivity index (χ4n) is 5.68.